The summed E-state index contributed by atoms with van der Waals surface area (Å²) in [6.07, 6.45) is 1.71. The van der Waals surface area contributed by atoms with Crippen LogP contribution in [0.5, 0.6) is 5.75 Å². The summed E-state index contributed by atoms with van der Waals surface area (Å²) in [6.45, 7) is 0.467. The van der Waals surface area contributed by atoms with E-state index in [4.69, 9.17) is 4.74 Å². The lowest BCUT2D eigenvalue weighted by Crippen LogP contribution is -2.04. The largest absolute Gasteiger partial charge is 0.489 e. The maximum atomic E-state index is 13.0. The minimum absolute atomic E-state index is 0.0561. The quantitative estimate of drug-likeness (QED) is 0.478. The van der Waals surface area contributed by atoms with Crippen LogP contribution in [0.3, 0.4) is 0 Å². The lowest BCUT2D eigenvalue weighted by molar-refractivity contribution is 0.103. The number of ether oxygens (including phenoxy) is 1. The highest BCUT2D eigenvalue weighted by atomic mass is 16.5. The van der Waals surface area contributed by atoms with Crippen molar-refractivity contribution in [3.8, 4) is 5.75 Å². The number of hydrogen-bond acceptors (Lipinski definition) is 3. The van der Waals surface area contributed by atoms with Crippen LogP contribution in [0.2, 0.25) is 0 Å². The van der Waals surface area contributed by atoms with Gasteiger partial charge in [0.1, 0.15) is 12.4 Å². The van der Waals surface area contributed by atoms with Crippen molar-refractivity contribution in [1.82, 2.24) is 4.98 Å². The van der Waals surface area contributed by atoms with Crippen molar-refractivity contribution in [3.05, 3.63) is 108 Å². The number of nitrogens with zero attached hydrogens (tertiary/aromatic N) is 1. The van der Waals surface area contributed by atoms with E-state index >= 15 is 0 Å². The van der Waals surface area contributed by atoms with Gasteiger partial charge in [0.2, 0.25) is 0 Å². The number of para-hydroxylation sites is 1. The van der Waals surface area contributed by atoms with Crippen LogP contribution in [0.4, 0.5) is 0 Å². The number of hydrogen-bond donors (Lipinski definition) is 0. The van der Waals surface area contributed by atoms with Gasteiger partial charge in [0.25, 0.3) is 0 Å². The third kappa shape index (κ3) is 3.33. The Balaban J connectivity index is 1.60. The van der Waals surface area contributed by atoms with Gasteiger partial charge in [0.05, 0.1) is 5.52 Å². The molecule has 1 heterocycles. The fraction of sp³-hybridized carbons (Fsp3) is 0.0435. The maximum Gasteiger partial charge on any atom is 0.195 e. The van der Waals surface area contributed by atoms with Crippen molar-refractivity contribution in [2.45, 2.75) is 6.61 Å². The number of fused-ring (bicyclic) bond motifs is 1. The average molecular weight is 339 g/mol. The summed E-state index contributed by atoms with van der Waals surface area (Å²) in [5, 5.41) is 0.954. The second kappa shape index (κ2) is 7.19. The number of carbonyl (C=O) groups excluding carboxylic acids is 1. The first kappa shape index (κ1) is 16.0. The third-order valence-electron chi connectivity index (χ3n) is 4.22. The van der Waals surface area contributed by atoms with Crippen LogP contribution in [0.15, 0.2) is 91.1 Å². The fourth-order valence-electron chi connectivity index (χ4n) is 2.91. The molecule has 0 amide bonds. The van der Waals surface area contributed by atoms with Crippen LogP contribution in [-0.2, 0) is 6.61 Å². The zero-order chi connectivity index (χ0) is 17.8. The summed E-state index contributed by atoms with van der Waals surface area (Å²) < 4.78 is 5.84. The van der Waals surface area contributed by atoms with Crippen molar-refractivity contribution in [2.75, 3.05) is 0 Å². The van der Waals surface area contributed by atoms with Crippen molar-refractivity contribution in [3.63, 3.8) is 0 Å². The zero-order valence-corrected chi connectivity index (χ0v) is 14.1. The first-order chi connectivity index (χ1) is 12.8. The molecule has 0 N–H and O–H groups in total. The highest BCUT2D eigenvalue weighted by molar-refractivity contribution is 6.15. The van der Waals surface area contributed by atoms with E-state index in [1.807, 2.05) is 72.8 Å². The minimum Gasteiger partial charge on any atom is -0.489 e. The molecule has 0 spiro atoms. The Bertz CT molecular complexity index is 1050. The lowest BCUT2D eigenvalue weighted by atomic mass is 10.0. The Morgan fingerprint density at radius 2 is 1.65 bits per heavy atom. The van der Waals surface area contributed by atoms with Crippen molar-refractivity contribution >= 4 is 16.7 Å². The van der Waals surface area contributed by atoms with Crippen LogP contribution in [-0.4, -0.2) is 10.8 Å². The zero-order valence-electron chi connectivity index (χ0n) is 14.1. The van der Waals surface area contributed by atoms with Crippen molar-refractivity contribution in [2.24, 2.45) is 0 Å². The van der Waals surface area contributed by atoms with Gasteiger partial charge in [-0.25, -0.2) is 0 Å². The van der Waals surface area contributed by atoms with E-state index < -0.39 is 0 Å². The fourth-order valence-corrected chi connectivity index (χ4v) is 2.91. The molecule has 0 bridgehead atoms. The van der Waals surface area contributed by atoms with Gasteiger partial charge in [-0.15, -0.1) is 0 Å². The third-order valence-corrected chi connectivity index (χ3v) is 4.22. The maximum absolute atomic E-state index is 13.0. The van der Waals surface area contributed by atoms with E-state index in [0.29, 0.717) is 23.5 Å². The topological polar surface area (TPSA) is 39.2 Å². The van der Waals surface area contributed by atoms with Crippen LogP contribution >= 0.6 is 0 Å². The molecule has 26 heavy (non-hydrogen) atoms. The van der Waals surface area contributed by atoms with Gasteiger partial charge in [-0.3, -0.25) is 9.78 Å². The standard InChI is InChI=1S/C23H17NO2/c25-23(21-13-5-9-18-11-6-14-24-22(18)21)19-10-4-12-20(15-19)26-16-17-7-2-1-3-8-17/h1-15H,16H2. The second-order valence-electron chi connectivity index (χ2n) is 6.01. The molecule has 0 unspecified atom stereocenters. The highest BCUT2D eigenvalue weighted by Gasteiger charge is 2.14. The molecule has 0 aliphatic carbocycles. The Hall–Kier alpha value is -3.46. The molecule has 0 saturated carbocycles. The molecule has 3 heteroatoms. The Morgan fingerprint density at radius 1 is 0.846 bits per heavy atom. The molecule has 4 rings (SSSR count). The van der Waals surface area contributed by atoms with Crippen LogP contribution in [0.25, 0.3) is 10.9 Å². The summed E-state index contributed by atoms with van der Waals surface area (Å²) >= 11 is 0. The first-order valence-corrected chi connectivity index (χ1v) is 8.46. The van der Waals surface area contributed by atoms with Gasteiger partial charge in [0, 0.05) is 22.7 Å². The molecule has 0 aliphatic rings. The molecule has 0 fully saturated rings. The molecule has 0 radical (unpaired) electrons. The normalized spacial score (nSPS) is 10.6. The molecular weight excluding hydrogens is 322 g/mol. The number of ketones is 1. The molecule has 0 aliphatic heterocycles. The molecule has 3 nitrogen and oxygen atoms in total. The Labute approximate surface area is 151 Å². The van der Waals surface area contributed by atoms with Crippen LogP contribution in [0, 0.1) is 0 Å². The van der Waals surface area contributed by atoms with Crippen molar-refractivity contribution in [1.29, 1.82) is 0 Å². The van der Waals surface area contributed by atoms with Crippen LogP contribution < -0.4 is 4.74 Å². The minimum atomic E-state index is -0.0561. The van der Waals surface area contributed by atoms with Gasteiger partial charge >= 0.3 is 0 Å². The monoisotopic (exact) mass is 339 g/mol. The SMILES string of the molecule is O=C(c1cccc(OCc2ccccc2)c1)c1cccc2cccnc12. The second-order valence-corrected chi connectivity index (χ2v) is 6.01. The molecule has 0 atom stereocenters. The van der Waals surface area contributed by atoms with Crippen LogP contribution in [0.1, 0.15) is 21.5 Å². The van der Waals surface area contributed by atoms with E-state index in [1.165, 1.54) is 0 Å². The smallest absolute Gasteiger partial charge is 0.195 e. The Morgan fingerprint density at radius 3 is 2.54 bits per heavy atom. The first-order valence-electron chi connectivity index (χ1n) is 8.46. The number of rotatable bonds is 5. The van der Waals surface area contributed by atoms with Crippen molar-refractivity contribution < 1.29 is 9.53 Å². The van der Waals surface area contributed by atoms with Gasteiger partial charge < -0.3 is 4.74 Å². The van der Waals surface area contributed by atoms with Gasteiger partial charge in [-0.05, 0) is 29.8 Å². The summed E-state index contributed by atoms with van der Waals surface area (Å²) in [5.41, 5.74) is 3.00. The summed E-state index contributed by atoms with van der Waals surface area (Å²) in [4.78, 5) is 17.4. The lowest BCUT2D eigenvalue weighted by Gasteiger charge is -2.09. The number of aromatic nitrogens is 1. The average Bonchev–Trinajstić information content (AvgIpc) is 2.72. The molecule has 1 aromatic heterocycles. The van der Waals surface area contributed by atoms with E-state index in [-0.39, 0.29) is 5.78 Å². The molecule has 126 valence electrons. The number of benzene rings is 3. The van der Waals surface area contributed by atoms with E-state index in [1.54, 1.807) is 18.3 Å². The Kier molecular flexibility index (Phi) is 4.44. The van der Waals surface area contributed by atoms with E-state index in [9.17, 15) is 4.79 Å². The number of carbonyl (C=O) groups is 1. The molecule has 0 saturated heterocycles. The van der Waals surface area contributed by atoms with E-state index in [2.05, 4.69) is 4.98 Å². The summed E-state index contributed by atoms with van der Waals surface area (Å²) in [7, 11) is 0. The molecule has 3 aromatic carbocycles. The molecular formula is C23H17NO2. The van der Waals surface area contributed by atoms with E-state index in [0.717, 1.165) is 16.5 Å². The van der Waals surface area contributed by atoms with Gasteiger partial charge in [0.15, 0.2) is 5.78 Å². The highest BCUT2D eigenvalue weighted by Crippen LogP contribution is 2.22. The predicted octanol–water partition coefficient (Wildman–Crippen LogP) is 5.04. The predicted molar refractivity (Wildman–Crippen MR) is 102 cm³/mol. The number of pyridine rings is 1. The molecule has 4 aromatic rings. The summed E-state index contributed by atoms with van der Waals surface area (Å²) in [6, 6.07) is 26.7. The van der Waals surface area contributed by atoms with Gasteiger partial charge in [-0.2, -0.15) is 0 Å². The van der Waals surface area contributed by atoms with Gasteiger partial charge in [-0.1, -0.05) is 60.7 Å². The summed E-state index contributed by atoms with van der Waals surface area (Å²) in [5.74, 6) is 0.618.